The summed E-state index contributed by atoms with van der Waals surface area (Å²) in [7, 11) is -4.07. The van der Waals surface area contributed by atoms with Crippen molar-refractivity contribution in [2.24, 2.45) is 0 Å². The standard InChI is InChI=1S/C30H37N3O4S/c1-6-28(30(35)31-22(2)3)32(20-25-13-11-10-12-24(25)5)29(34)21-33(26-14-8-7-9-15-26)38(36,37)27-18-16-23(4)17-19-27/h7-19,22,28H,6,20-21H2,1-5H3,(H,31,35)/t28-/m1/s1. The van der Waals surface area contributed by atoms with Crippen LogP contribution in [0.5, 0.6) is 0 Å². The molecule has 3 rings (SSSR count). The van der Waals surface area contributed by atoms with Gasteiger partial charge in [0.2, 0.25) is 11.8 Å². The molecule has 7 nitrogen and oxygen atoms in total. The van der Waals surface area contributed by atoms with E-state index in [-0.39, 0.29) is 23.4 Å². The zero-order chi connectivity index (χ0) is 27.9. The average Bonchev–Trinajstić information content (AvgIpc) is 2.88. The summed E-state index contributed by atoms with van der Waals surface area (Å²) in [5.41, 5.74) is 3.18. The Hall–Kier alpha value is -3.65. The molecule has 2 amide bonds. The second-order valence-corrected chi connectivity index (χ2v) is 11.6. The minimum Gasteiger partial charge on any atom is -0.352 e. The third-order valence-electron chi connectivity index (χ3n) is 6.35. The number of hydrogen-bond acceptors (Lipinski definition) is 4. The van der Waals surface area contributed by atoms with Gasteiger partial charge in [-0.2, -0.15) is 0 Å². The number of anilines is 1. The molecule has 0 aliphatic heterocycles. The Morgan fingerprint density at radius 2 is 1.47 bits per heavy atom. The van der Waals surface area contributed by atoms with Crippen molar-refractivity contribution in [3.05, 3.63) is 95.6 Å². The van der Waals surface area contributed by atoms with Crippen LogP contribution in [0.3, 0.4) is 0 Å². The highest BCUT2D eigenvalue weighted by Gasteiger charge is 2.33. The molecule has 0 aliphatic carbocycles. The van der Waals surface area contributed by atoms with E-state index in [1.54, 1.807) is 54.6 Å². The molecular weight excluding hydrogens is 498 g/mol. The molecule has 0 heterocycles. The van der Waals surface area contributed by atoms with Crippen molar-refractivity contribution < 1.29 is 18.0 Å². The number of hydrogen-bond donors (Lipinski definition) is 1. The summed E-state index contributed by atoms with van der Waals surface area (Å²) >= 11 is 0. The maximum atomic E-state index is 14.0. The fourth-order valence-corrected chi connectivity index (χ4v) is 5.65. The number of para-hydroxylation sites is 1. The number of amides is 2. The molecule has 0 saturated heterocycles. The molecule has 0 aliphatic rings. The van der Waals surface area contributed by atoms with Gasteiger partial charge in [-0.3, -0.25) is 13.9 Å². The van der Waals surface area contributed by atoms with Crippen LogP contribution in [-0.4, -0.2) is 43.8 Å². The molecular formula is C30H37N3O4S. The monoisotopic (exact) mass is 535 g/mol. The first-order valence-electron chi connectivity index (χ1n) is 12.8. The van der Waals surface area contributed by atoms with E-state index in [0.717, 1.165) is 21.0 Å². The number of benzene rings is 3. The van der Waals surface area contributed by atoms with Gasteiger partial charge in [0, 0.05) is 12.6 Å². The summed E-state index contributed by atoms with van der Waals surface area (Å²) in [5.74, 6) is -0.726. The van der Waals surface area contributed by atoms with Crippen LogP contribution in [-0.2, 0) is 26.2 Å². The van der Waals surface area contributed by atoms with Gasteiger partial charge in [-0.25, -0.2) is 8.42 Å². The van der Waals surface area contributed by atoms with E-state index in [4.69, 9.17) is 0 Å². The lowest BCUT2D eigenvalue weighted by atomic mass is 10.1. The van der Waals surface area contributed by atoms with Crippen LogP contribution in [0.4, 0.5) is 5.69 Å². The van der Waals surface area contributed by atoms with Crippen LogP contribution in [0.1, 0.15) is 43.9 Å². The number of sulfonamides is 1. The van der Waals surface area contributed by atoms with Gasteiger partial charge in [0.1, 0.15) is 12.6 Å². The zero-order valence-corrected chi connectivity index (χ0v) is 23.5. The molecule has 1 N–H and O–H groups in total. The van der Waals surface area contributed by atoms with E-state index >= 15 is 0 Å². The smallest absolute Gasteiger partial charge is 0.264 e. The Bertz CT molecular complexity index is 1340. The van der Waals surface area contributed by atoms with Crippen LogP contribution in [0.2, 0.25) is 0 Å². The highest BCUT2D eigenvalue weighted by Crippen LogP contribution is 2.25. The molecule has 3 aromatic rings. The van der Waals surface area contributed by atoms with Gasteiger partial charge in [0.05, 0.1) is 10.6 Å². The first kappa shape index (κ1) is 28.9. The van der Waals surface area contributed by atoms with Crippen molar-refractivity contribution in [3.63, 3.8) is 0 Å². The minimum atomic E-state index is -4.07. The number of nitrogens with one attached hydrogen (secondary N) is 1. The highest BCUT2D eigenvalue weighted by molar-refractivity contribution is 7.92. The van der Waals surface area contributed by atoms with Gasteiger partial charge in [-0.05, 0) is 69.5 Å². The SMILES string of the molecule is CC[C@H](C(=O)NC(C)C)N(Cc1ccccc1C)C(=O)CN(c1ccccc1)S(=O)(=O)c1ccc(C)cc1. The zero-order valence-electron chi connectivity index (χ0n) is 22.7. The van der Waals surface area contributed by atoms with E-state index in [1.165, 1.54) is 4.90 Å². The first-order chi connectivity index (χ1) is 18.0. The molecule has 0 bridgehead atoms. The normalized spacial score (nSPS) is 12.2. The number of rotatable bonds is 11. The van der Waals surface area contributed by atoms with Crippen LogP contribution < -0.4 is 9.62 Å². The lowest BCUT2D eigenvalue weighted by Crippen LogP contribution is -2.53. The van der Waals surface area contributed by atoms with Crippen molar-refractivity contribution in [1.82, 2.24) is 10.2 Å². The summed E-state index contributed by atoms with van der Waals surface area (Å²) in [4.78, 5) is 28.8. The number of aryl methyl sites for hydroxylation is 2. The average molecular weight is 536 g/mol. The van der Waals surface area contributed by atoms with Crippen LogP contribution >= 0.6 is 0 Å². The van der Waals surface area contributed by atoms with Gasteiger partial charge in [0.15, 0.2) is 0 Å². The Labute approximate surface area is 226 Å². The quantitative estimate of drug-likeness (QED) is 0.381. The van der Waals surface area contributed by atoms with Crippen molar-refractivity contribution in [3.8, 4) is 0 Å². The van der Waals surface area contributed by atoms with Crippen LogP contribution in [0.15, 0.2) is 83.8 Å². The summed E-state index contributed by atoms with van der Waals surface area (Å²) in [6, 6.07) is 21.9. The van der Waals surface area contributed by atoms with Crippen molar-refractivity contribution in [2.45, 2.75) is 64.6 Å². The molecule has 0 aromatic heterocycles. The van der Waals surface area contributed by atoms with Gasteiger partial charge in [-0.15, -0.1) is 0 Å². The molecule has 1 atom stereocenters. The topological polar surface area (TPSA) is 86.8 Å². The second kappa shape index (κ2) is 12.7. The number of carbonyl (C=O) groups excluding carboxylic acids is 2. The maximum Gasteiger partial charge on any atom is 0.264 e. The molecule has 3 aromatic carbocycles. The predicted octanol–water partition coefficient (Wildman–Crippen LogP) is 4.83. The van der Waals surface area contributed by atoms with E-state index in [2.05, 4.69) is 5.32 Å². The number of carbonyl (C=O) groups is 2. The van der Waals surface area contributed by atoms with Crippen molar-refractivity contribution in [1.29, 1.82) is 0 Å². The summed E-state index contributed by atoms with van der Waals surface area (Å²) in [5, 5.41) is 2.91. The Balaban J connectivity index is 2.05. The fourth-order valence-electron chi connectivity index (χ4n) is 4.23. The van der Waals surface area contributed by atoms with Gasteiger partial charge in [0.25, 0.3) is 10.0 Å². The lowest BCUT2D eigenvalue weighted by molar-refractivity contribution is -0.140. The minimum absolute atomic E-state index is 0.0924. The van der Waals surface area contributed by atoms with Crippen molar-refractivity contribution >= 4 is 27.5 Å². The van der Waals surface area contributed by atoms with E-state index in [1.807, 2.05) is 58.9 Å². The van der Waals surface area contributed by atoms with Crippen LogP contribution in [0, 0.1) is 13.8 Å². The molecule has 0 spiro atoms. The second-order valence-electron chi connectivity index (χ2n) is 9.70. The highest BCUT2D eigenvalue weighted by atomic mass is 32.2. The molecule has 202 valence electrons. The Morgan fingerprint density at radius 1 is 0.868 bits per heavy atom. The Kier molecular flexibility index (Phi) is 9.69. The summed E-state index contributed by atoms with van der Waals surface area (Å²) in [6.45, 7) is 9.14. The van der Waals surface area contributed by atoms with E-state index in [0.29, 0.717) is 12.1 Å². The fraction of sp³-hybridized carbons (Fsp3) is 0.333. The largest absolute Gasteiger partial charge is 0.352 e. The molecule has 0 unspecified atom stereocenters. The van der Waals surface area contributed by atoms with Gasteiger partial charge < -0.3 is 10.2 Å². The molecule has 38 heavy (non-hydrogen) atoms. The third kappa shape index (κ3) is 7.01. The molecule has 0 radical (unpaired) electrons. The summed E-state index contributed by atoms with van der Waals surface area (Å²) < 4.78 is 28.7. The first-order valence-corrected chi connectivity index (χ1v) is 14.3. The predicted molar refractivity (Wildman–Crippen MR) is 151 cm³/mol. The van der Waals surface area contributed by atoms with E-state index < -0.39 is 28.5 Å². The number of nitrogens with zero attached hydrogens (tertiary/aromatic N) is 2. The molecule has 0 fully saturated rings. The van der Waals surface area contributed by atoms with Gasteiger partial charge in [-0.1, -0.05) is 67.1 Å². The molecule has 8 heteroatoms. The maximum absolute atomic E-state index is 14.0. The van der Waals surface area contributed by atoms with E-state index in [9.17, 15) is 18.0 Å². The summed E-state index contributed by atoms with van der Waals surface area (Å²) in [6.07, 6.45) is 0.381. The lowest BCUT2D eigenvalue weighted by Gasteiger charge is -2.34. The Morgan fingerprint density at radius 3 is 2.05 bits per heavy atom. The van der Waals surface area contributed by atoms with Crippen molar-refractivity contribution in [2.75, 3.05) is 10.8 Å². The van der Waals surface area contributed by atoms with Gasteiger partial charge >= 0.3 is 0 Å². The molecule has 0 saturated carbocycles. The van der Waals surface area contributed by atoms with Crippen LogP contribution in [0.25, 0.3) is 0 Å². The third-order valence-corrected chi connectivity index (χ3v) is 8.14.